The Balaban J connectivity index is 2.03. The second-order valence-electron chi connectivity index (χ2n) is 19.4. The number of aliphatic hydroxyl groups is 5. The van der Waals surface area contributed by atoms with Gasteiger partial charge in [-0.3, -0.25) is 4.79 Å². The second-order valence-corrected chi connectivity index (χ2v) is 19.4. The summed E-state index contributed by atoms with van der Waals surface area (Å²) in [6.07, 6.45) is 44.7. The molecule has 1 amide bonds. The van der Waals surface area contributed by atoms with Crippen LogP contribution in [0.15, 0.2) is 0 Å². The first kappa shape index (κ1) is 59.2. The zero-order chi connectivity index (χ0) is 45.1. The molecule has 0 spiro atoms. The summed E-state index contributed by atoms with van der Waals surface area (Å²) in [6, 6.07) is -0.710. The molecular formula is C53H105NO8. The van der Waals surface area contributed by atoms with E-state index in [-0.39, 0.29) is 12.5 Å². The Morgan fingerprint density at radius 2 is 0.806 bits per heavy atom. The molecule has 0 saturated carbocycles. The fourth-order valence-corrected chi connectivity index (χ4v) is 9.11. The van der Waals surface area contributed by atoms with Crippen LogP contribution in [0, 0.1) is 0 Å². The van der Waals surface area contributed by atoms with E-state index in [1.165, 1.54) is 212 Å². The monoisotopic (exact) mass is 884 g/mol. The van der Waals surface area contributed by atoms with Crippen molar-refractivity contribution in [3.63, 3.8) is 0 Å². The number of hydrogen-bond acceptors (Lipinski definition) is 8. The van der Waals surface area contributed by atoms with Crippen LogP contribution >= 0.6 is 0 Å². The molecule has 1 saturated heterocycles. The van der Waals surface area contributed by atoms with Crippen molar-refractivity contribution in [3.8, 4) is 0 Å². The van der Waals surface area contributed by atoms with Crippen LogP contribution in [0.2, 0.25) is 0 Å². The molecular weight excluding hydrogens is 779 g/mol. The van der Waals surface area contributed by atoms with Crippen molar-refractivity contribution >= 4 is 5.91 Å². The van der Waals surface area contributed by atoms with Gasteiger partial charge in [0.15, 0.2) is 6.29 Å². The Kier molecular flexibility index (Phi) is 42.1. The summed E-state index contributed by atoms with van der Waals surface area (Å²) in [5.74, 6) is -0.147. The molecule has 62 heavy (non-hydrogen) atoms. The molecule has 1 aliphatic heterocycles. The average molecular weight is 884 g/mol. The van der Waals surface area contributed by atoms with E-state index in [1.807, 2.05) is 0 Å². The van der Waals surface area contributed by atoms with Crippen molar-refractivity contribution in [2.24, 2.45) is 0 Å². The SMILES string of the molecule is CCCCCCCCCCCCCCCCCCCCCCCCCCCCCCCCCCC(O)C(COC1OC(CO)C(O)C(O)C1O)NC(=O)CCCCCCCCC. The molecule has 6 N–H and O–H groups in total. The zero-order valence-electron chi connectivity index (χ0n) is 40.9. The standard InChI is InChI=1S/C53H105NO8/c1-3-5-7-9-11-12-13-14-15-16-17-18-19-20-21-22-23-24-25-26-27-28-29-30-31-32-33-34-35-37-38-40-42-47(56)46(54-49(57)43-41-39-36-10-8-6-4-2)45-61-53-52(60)51(59)50(58)48(44-55)62-53/h46-48,50-53,55-56,58-60H,3-45H2,1-2H3,(H,54,57). The number of nitrogens with one attached hydrogen (secondary N) is 1. The highest BCUT2D eigenvalue weighted by Crippen LogP contribution is 2.23. The van der Waals surface area contributed by atoms with Crippen molar-refractivity contribution < 1.29 is 39.8 Å². The van der Waals surface area contributed by atoms with Crippen molar-refractivity contribution in [1.82, 2.24) is 5.32 Å². The molecule has 7 unspecified atom stereocenters. The van der Waals surface area contributed by atoms with Crippen LogP contribution < -0.4 is 5.32 Å². The quantitative estimate of drug-likeness (QED) is 0.0331. The number of carbonyl (C=O) groups excluding carboxylic acids is 1. The van der Waals surface area contributed by atoms with Crippen LogP contribution in [-0.2, 0) is 14.3 Å². The Hall–Kier alpha value is -0.810. The van der Waals surface area contributed by atoms with Crippen LogP contribution in [0.5, 0.6) is 0 Å². The van der Waals surface area contributed by atoms with E-state index in [4.69, 9.17) is 9.47 Å². The third-order valence-corrected chi connectivity index (χ3v) is 13.5. The molecule has 1 fully saturated rings. The minimum atomic E-state index is -1.55. The predicted octanol–water partition coefficient (Wildman–Crippen LogP) is 12.7. The lowest BCUT2D eigenvalue weighted by Gasteiger charge is -2.40. The molecule has 0 aromatic carbocycles. The fraction of sp³-hybridized carbons (Fsp3) is 0.981. The third-order valence-electron chi connectivity index (χ3n) is 13.5. The van der Waals surface area contributed by atoms with Crippen molar-refractivity contribution in [2.45, 2.75) is 320 Å². The molecule has 1 rings (SSSR count). The first-order chi connectivity index (χ1) is 30.3. The summed E-state index contributed by atoms with van der Waals surface area (Å²) in [5.41, 5.74) is 0. The molecule has 0 aromatic rings. The molecule has 0 aromatic heterocycles. The second kappa shape index (κ2) is 44.0. The Morgan fingerprint density at radius 1 is 0.484 bits per heavy atom. The summed E-state index contributed by atoms with van der Waals surface area (Å²) in [6.45, 7) is 3.81. The first-order valence-corrected chi connectivity index (χ1v) is 27.2. The normalized spacial score (nSPS) is 20.1. The van der Waals surface area contributed by atoms with Gasteiger partial charge in [-0.1, -0.05) is 258 Å². The minimum Gasteiger partial charge on any atom is -0.394 e. The molecule has 0 radical (unpaired) electrons. The van der Waals surface area contributed by atoms with Gasteiger partial charge in [-0.25, -0.2) is 0 Å². The lowest BCUT2D eigenvalue weighted by atomic mass is 9.99. The fourth-order valence-electron chi connectivity index (χ4n) is 9.11. The Morgan fingerprint density at radius 3 is 1.15 bits per heavy atom. The van der Waals surface area contributed by atoms with E-state index in [0.29, 0.717) is 12.8 Å². The average Bonchev–Trinajstić information content (AvgIpc) is 3.27. The first-order valence-electron chi connectivity index (χ1n) is 27.2. The summed E-state index contributed by atoms with van der Waals surface area (Å²) in [5, 5.41) is 54.3. The third kappa shape index (κ3) is 33.6. The van der Waals surface area contributed by atoms with E-state index in [2.05, 4.69) is 19.2 Å². The number of aliphatic hydroxyl groups excluding tert-OH is 5. The maximum Gasteiger partial charge on any atom is 0.220 e. The smallest absolute Gasteiger partial charge is 0.220 e. The topological polar surface area (TPSA) is 149 Å². The van der Waals surface area contributed by atoms with Gasteiger partial charge >= 0.3 is 0 Å². The molecule has 0 aliphatic carbocycles. The minimum absolute atomic E-state index is 0.133. The molecule has 0 bridgehead atoms. The number of unbranched alkanes of at least 4 members (excludes halogenated alkanes) is 37. The van der Waals surface area contributed by atoms with E-state index < -0.39 is 49.5 Å². The van der Waals surface area contributed by atoms with Gasteiger partial charge in [0.25, 0.3) is 0 Å². The Labute approximate surface area is 383 Å². The lowest BCUT2D eigenvalue weighted by Crippen LogP contribution is -2.60. The molecule has 9 heteroatoms. The van der Waals surface area contributed by atoms with E-state index >= 15 is 0 Å². The van der Waals surface area contributed by atoms with Gasteiger partial charge in [0.1, 0.15) is 24.4 Å². The predicted molar refractivity (Wildman–Crippen MR) is 258 cm³/mol. The number of rotatable bonds is 47. The van der Waals surface area contributed by atoms with E-state index in [1.54, 1.807) is 0 Å². The zero-order valence-corrected chi connectivity index (χ0v) is 40.9. The molecule has 7 atom stereocenters. The van der Waals surface area contributed by atoms with Gasteiger partial charge in [0.05, 0.1) is 25.4 Å². The maximum absolute atomic E-state index is 12.9. The van der Waals surface area contributed by atoms with E-state index in [0.717, 1.165) is 38.5 Å². The van der Waals surface area contributed by atoms with Gasteiger partial charge in [0, 0.05) is 6.42 Å². The lowest BCUT2D eigenvalue weighted by molar-refractivity contribution is -0.302. The highest BCUT2D eigenvalue weighted by atomic mass is 16.7. The molecule has 1 aliphatic rings. The molecule has 370 valence electrons. The van der Waals surface area contributed by atoms with E-state index in [9.17, 15) is 30.3 Å². The van der Waals surface area contributed by atoms with Crippen molar-refractivity contribution in [2.75, 3.05) is 13.2 Å². The van der Waals surface area contributed by atoms with Gasteiger partial charge in [-0.15, -0.1) is 0 Å². The van der Waals surface area contributed by atoms with Crippen molar-refractivity contribution in [1.29, 1.82) is 0 Å². The van der Waals surface area contributed by atoms with Crippen molar-refractivity contribution in [3.05, 3.63) is 0 Å². The largest absolute Gasteiger partial charge is 0.394 e. The summed E-state index contributed by atoms with van der Waals surface area (Å²) in [7, 11) is 0. The summed E-state index contributed by atoms with van der Waals surface area (Å²) in [4.78, 5) is 12.9. The van der Waals surface area contributed by atoms with Crippen LogP contribution in [0.25, 0.3) is 0 Å². The van der Waals surface area contributed by atoms with Gasteiger partial charge in [0.2, 0.25) is 5.91 Å². The number of hydrogen-bond donors (Lipinski definition) is 6. The highest BCUT2D eigenvalue weighted by molar-refractivity contribution is 5.76. The van der Waals surface area contributed by atoms with Crippen LogP contribution in [0.3, 0.4) is 0 Å². The molecule has 1 heterocycles. The highest BCUT2D eigenvalue weighted by Gasteiger charge is 2.44. The van der Waals surface area contributed by atoms with Crippen LogP contribution in [0.1, 0.15) is 277 Å². The maximum atomic E-state index is 12.9. The molecule has 9 nitrogen and oxygen atoms in total. The van der Waals surface area contributed by atoms with Gasteiger partial charge in [-0.2, -0.15) is 0 Å². The number of amides is 1. The van der Waals surface area contributed by atoms with Gasteiger partial charge < -0.3 is 40.3 Å². The summed E-state index contributed by atoms with van der Waals surface area (Å²) < 4.78 is 11.2. The van der Waals surface area contributed by atoms with Crippen LogP contribution in [0.4, 0.5) is 0 Å². The van der Waals surface area contributed by atoms with Crippen LogP contribution in [-0.4, -0.2) is 87.5 Å². The number of ether oxygens (including phenoxy) is 2. The summed E-state index contributed by atoms with van der Waals surface area (Å²) >= 11 is 0. The number of carbonyl (C=O) groups is 1. The van der Waals surface area contributed by atoms with Gasteiger partial charge in [-0.05, 0) is 12.8 Å². The Bertz CT molecular complexity index is 939.